The second-order valence-electron chi connectivity index (χ2n) is 10.5. The third-order valence-electron chi connectivity index (χ3n) is 6.38. The maximum atomic E-state index is 12.1. The molecule has 1 aliphatic rings. The molecule has 0 bridgehead atoms. The predicted octanol–water partition coefficient (Wildman–Crippen LogP) is 5.85. The number of carbonyl (C=O) groups excluding carboxylic acids is 1. The first-order chi connectivity index (χ1) is 17.5. The lowest BCUT2D eigenvalue weighted by Crippen LogP contribution is -2.42. The molecule has 1 amide bonds. The van der Waals surface area contributed by atoms with Crippen molar-refractivity contribution in [1.82, 2.24) is 15.3 Å². The number of fused-ring (bicyclic) bond motifs is 1. The molecule has 1 saturated carbocycles. The molecule has 0 spiro atoms. The summed E-state index contributed by atoms with van der Waals surface area (Å²) in [5.41, 5.74) is 9.75. The molecule has 37 heavy (non-hydrogen) atoms. The van der Waals surface area contributed by atoms with Gasteiger partial charge in [-0.3, -0.25) is 0 Å². The van der Waals surface area contributed by atoms with Gasteiger partial charge in [0.1, 0.15) is 11.4 Å². The Labute approximate surface area is 220 Å². The van der Waals surface area contributed by atoms with E-state index in [9.17, 15) is 4.79 Å². The lowest BCUT2D eigenvalue weighted by Gasteiger charge is -2.30. The smallest absolute Gasteiger partial charge is 0.407 e. The number of amides is 1. The molecule has 0 atom stereocenters. The number of rotatable bonds is 8. The largest absolute Gasteiger partial charge is 0.501 e. The number of hydrogen-bond acceptors (Lipinski definition) is 7. The van der Waals surface area contributed by atoms with E-state index in [1.54, 1.807) is 13.2 Å². The van der Waals surface area contributed by atoms with Crippen molar-refractivity contribution in [2.45, 2.75) is 84.4 Å². The number of allylic oxidation sites excluding steroid dienone is 4. The number of carbonyl (C=O) groups is 1. The van der Waals surface area contributed by atoms with Crippen molar-refractivity contribution in [2.75, 3.05) is 12.4 Å². The number of hydrogen-bond donors (Lipinski definition) is 3. The highest BCUT2D eigenvalue weighted by atomic mass is 16.6. The Hall–Kier alpha value is -3.55. The van der Waals surface area contributed by atoms with Gasteiger partial charge in [-0.15, -0.1) is 0 Å². The molecule has 0 saturated heterocycles. The van der Waals surface area contributed by atoms with Crippen molar-refractivity contribution in [3.63, 3.8) is 0 Å². The highest BCUT2D eigenvalue weighted by molar-refractivity contribution is 5.88. The number of nitrogens with two attached hydrogens (primary N) is 1. The molecule has 1 aromatic heterocycles. The first-order valence-electron chi connectivity index (χ1n) is 12.9. The highest BCUT2D eigenvalue weighted by Crippen LogP contribution is 2.29. The van der Waals surface area contributed by atoms with Crippen molar-refractivity contribution < 1.29 is 14.3 Å². The van der Waals surface area contributed by atoms with Gasteiger partial charge in [-0.25, -0.2) is 14.8 Å². The van der Waals surface area contributed by atoms with Crippen LogP contribution in [0.3, 0.4) is 0 Å². The van der Waals surface area contributed by atoms with Gasteiger partial charge in [-0.05, 0) is 95.2 Å². The van der Waals surface area contributed by atoms with Crippen molar-refractivity contribution in [2.24, 2.45) is 5.73 Å². The fourth-order valence-electron chi connectivity index (χ4n) is 4.47. The summed E-state index contributed by atoms with van der Waals surface area (Å²) in [6, 6.07) is 4.60. The Morgan fingerprint density at radius 1 is 1.19 bits per heavy atom. The molecule has 1 aliphatic carbocycles. The maximum Gasteiger partial charge on any atom is 0.407 e. The molecule has 1 fully saturated rings. The third kappa shape index (κ3) is 7.97. The molecular formula is C29H41N5O3. The van der Waals surface area contributed by atoms with E-state index in [1.165, 1.54) is 0 Å². The summed E-state index contributed by atoms with van der Waals surface area (Å²) >= 11 is 0. The zero-order chi connectivity index (χ0) is 27.2. The summed E-state index contributed by atoms with van der Waals surface area (Å²) in [5, 5.41) is 7.46. The van der Waals surface area contributed by atoms with E-state index >= 15 is 0 Å². The fraction of sp³-hybridized carbons (Fsp3) is 0.483. The van der Waals surface area contributed by atoms with Crippen LogP contribution in [-0.4, -0.2) is 40.9 Å². The van der Waals surface area contributed by atoms with Crippen molar-refractivity contribution >= 4 is 28.5 Å². The van der Waals surface area contributed by atoms with Crippen molar-refractivity contribution in [3.8, 4) is 0 Å². The molecule has 1 aromatic carbocycles. The molecule has 8 nitrogen and oxygen atoms in total. The average molecular weight is 508 g/mol. The van der Waals surface area contributed by atoms with Crippen molar-refractivity contribution in [3.05, 3.63) is 59.6 Å². The molecule has 0 radical (unpaired) electrons. The van der Waals surface area contributed by atoms with Gasteiger partial charge in [0, 0.05) is 34.9 Å². The molecule has 200 valence electrons. The molecule has 0 unspecified atom stereocenters. The normalized spacial score (nSPS) is 18.9. The van der Waals surface area contributed by atoms with E-state index in [0.717, 1.165) is 65.5 Å². The van der Waals surface area contributed by atoms with Gasteiger partial charge < -0.3 is 25.8 Å². The topological polar surface area (TPSA) is 111 Å². The van der Waals surface area contributed by atoms with Gasteiger partial charge in [0.15, 0.2) is 0 Å². The van der Waals surface area contributed by atoms with Crippen LogP contribution in [-0.2, 0) is 15.9 Å². The molecular weight excluding hydrogens is 466 g/mol. The van der Waals surface area contributed by atoms with E-state index in [-0.39, 0.29) is 18.2 Å². The van der Waals surface area contributed by atoms with Crippen LogP contribution < -0.4 is 16.4 Å². The molecule has 1 heterocycles. The first kappa shape index (κ1) is 28.0. The van der Waals surface area contributed by atoms with Crippen LogP contribution in [0.5, 0.6) is 0 Å². The summed E-state index contributed by atoms with van der Waals surface area (Å²) in [4.78, 5) is 21.6. The van der Waals surface area contributed by atoms with Crippen LogP contribution in [0.15, 0.2) is 48.5 Å². The van der Waals surface area contributed by atoms with Gasteiger partial charge in [-0.1, -0.05) is 13.5 Å². The van der Waals surface area contributed by atoms with Gasteiger partial charge in [-0.2, -0.15) is 0 Å². The molecule has 8 heteroatoms. The third-order valence-corrected chi connectivity index (χ3v) is 6.38. The number of benzene rings is 1. The zero-order valence-corrected chi connectivity index (χ0v) is 23.0. The minimum Gasteiger partial charge on any atom is -0.501 e. The molecule has 3 rings (SSSR count). The van der Waals surface area contributed by atoms with Gasteiger partial charge in [0.05, 0.1) is 12.6 Å². The van der Waals surface area contributed by atoms with Crippen LogP contribution in [0, 0.1) is 0 Å². The number of alkyl carbamates (subject to hydrolysis) is 1. The minimum atomic E-state index is -0.495. The summed E-state index contributed by atoms with van der Waals surface area (Å²) in [7, 11) is 1.66. The summed E-state index contributed by atoms with van der Waals surface area (Å²) in [6.07, 6.45) is 9.64. The Morgan fingerprint density at radius 3 is 2.46 bits per heavy atom. The monoisotopic (exact) mass is 507 g/mol. The number of aromatic nitrogens is 2. The number of nitrogens with one attached hydrogen (secondary N) is 2. The predicted molar refractivity (Wildman–Crippen MR) is 150 cm³/mol. The minimum absolute atomic E-state index is 0.124. The van der Waals surface area contributed by atoms with E-state index < -0.39 is 5.60 Å². The van der Waals surface area contributed by atoms with Crippen LogP contribution >= 0.6 is 0 Å². The molecule has 2 aromatic rings. The zero-order valence-electron chi connectivity index (χ0n) is 23.0. The second-order valence-corrected chi connectivity index (χ2v) is 10.5. The van der Waals surface area contributed by atoms with E-state index in [4.69, 9.17) is 20.2 Å². The lowest BCUT2D eigenvalue weighted by atomic mass is 9.91. The number of methoxy groups -OCH3 is 1. The van der Waals surface area contributed by atoms with Gasteiger partial charge >= 0.3 is 6.09 Å². The summed E-state index contributed by atoms with van der Waals surface area (Å²) < 4.78 is 10.9. The van der Waals surface area contributed by atoms with E-state index in [1.807, 2.05) is 40.0 Å². The number of nitrogens with zero attached hydrogens (tertiary/aromatic N) is 2. The van der Waals surface area contributed by atoms with E-state index in [2.05, 4.69) is 41.3 Å². The van der Waals surface area contributed by atoms with Crippen LogP contribution in [0.4, 0.5) is 10.7 Å². The highest BCUT2D eigenvalue weighted by Gasteiger charge is 2.25. The standard InChI is InChI=1S/C29H41N5O3/c1-8-20-15-21(25(19(3)36-7)14-9-18(2)30)16-22-17-31-27(34-26(20)22)32-23-10-12-24(13-11-23)33-28(35)37-29(4,5)6/h9,14-17,23-24H,2,8,10-13,30H2,1,3-7H3,(H,33,35)(H,31,32,34)/b14-9-,25-19-. The van der Waals surface area contributed by atoms with Crippen molar-refractivity contribution in [1.29, 1.82) is 0 Å². The summed E-state index contributed by atoms with van der Waals surface area (Å²) in [5.74, 6) is 1.41. The average Bonchev–Trinajstić information content (AvgIpc) is 2.83. The second kappa shape index (κ2) is 12.1. The maximum absolute atomic E-state index is 12.1. The van der Waals surface area contributed by atoms with Gasteiger partial charge in [0.2, 0.25) is 5.95 Å². The Morgan fingerprint density at radius 2 is 1.86 bits per heavy atom. The Kier molecular flexibility index (Phi) is 9.18. The molecule has 0 aliphatic heterocycles. The van der Waals surface area contributed by atoms with Gasteiger partial charge in [0.25, 0.3) is 0 Å². The van der Waals surface area contributed by atoms with Crippen LogP contribution in [0.1, 0.15) is 71.4 Å². The fourth-order valence-corrected chi connectivity index (χ4v) is 4.47. The number of anilines is 1. The Bertz CT molecular complexity index is 1190. The quantitative estimate of drug-likeness (QED) is 0.304. The van der Waals surface area contributed by atoms with E-state index in [0.29, 0.717) is 11.6 Å². The molecule has 4 N–H and O–H groups in total. The first-order valence-corrected chi connectivity index (χ1v) is 12.9. The van der Waals surface area contributed by atoms with Crippen LogP contribution in [0.25, 0.3) is 16.5 Å². The number of aryl methyl sites for hydroxylation is 1. The number of ether oxygens (including phenoxy) is 2. The van der Waals surface area contributed by atoms with Crippen LogP contribution in [0.2, 0.25) is 0 Å². The lowest BCUT2D eigenvalue weighted by molar-refractivity contribution is 0.0492. The Balaban J connectivity index is 1.74. The SMILES string of the molecule is C=C(N)/C=C\C(=C(/C)OC)c1cc(CC)c2nc(NC3CCC(NC(=O)OC(C)(C)C)CC3)ncc2c1. The summed E-state index contributed by atoms with van der Waals surface area (Å²) in [6.45, 7) is 13.4.